The minimum absolute atomic E-state index is 0.127. The van der Waals surface area contributed by atoms with Gasteiger partial charge < -0.3 is 10.2 Å². The number of para-hydroxylation sites is 3. The van der Waals surface area contributed by atoms with E-state index in [9.17, 15) is 0 Å². The van der Waals surface area contributed by atoms with Crippen molar-refractivity contribution in [1.82, 2.24) is 9.78 Å². The highest BCUT2D eigenvalue weighted by Gasteiger charge is 2.41. The Bertz CT molecular complexity index is 1770. The van der Waals surface area contributed by atoms with E-state index in [1.54, 1.807) is 0 Å². The van der Waals surface area contributed by atoms with Crippen LogP contribution in [0.25, 0.3) is 5.69 Å². The Morgan fingerprint density at radius 2 is 1.49 bits per heavy atom. The Labute approximate surface area is 228 Å². The number of aryl methyl sites for hydroxylation is 2. The van der Waals surface area contributed by atoms with Gasteiger partial charge in [-0.2, -0.15) is 5.10 Å². The molecule has 1 unspecified atom stereocenters. The third-order valence-electron chi connectivity index (χ3n) is 7.61. The van der Waals surface area contributed by atoms with E-state index < -0.39 is 0 Å². The lowest BCUT2D eigenvalue weighted by atomic mass is 9.93. The predicted molar refractivity (Wildman–Crippen MR) is 159 cm³/mol. The van der Waals surface area contributed by atoms with Gasteiger partial charge in [0.05, 0.1) is 34.5 Å². The van der Waals surface area contributed by atoms with Gasteiger partial charge in [0.1, 0.15) is 0 Å². The van der Waals surface area contributed by atoms with E-state index in [1.165, 1.54) is 11.1 Å². The first-order chi connectivity index (χ1) is 19.1. The number of rotatable bonds is 3. The number of nitrogens with one attached hydrogen (secondary N) is 1. The van der Waals surface area contributed by atoms with Crippen molar-refractivity contribution in [3.63, 3.8) is 0 Å². The van der Waals surface area contributed by atoms with Gasteiger partial charge in [0.2, 0.25) is 0 Å². The fourth-order valence-corrected chi connectivity index (χ4v) is 5.51. The molecule has 0 aliphatic carbocycles. The molecule has 2 aliphatic heterocycles. The number of fused-ring (bicyclic) bond motifs is 4. The Hall–Kier alpha value is -4.97. The normalized spacial score (nSPS) is 16.7. The van der Waals surface area contributed by atoms with Gasteiger partial charge in [-0.3, -0.25) is 0 Å². The standard InChI is InChI=1S/C33H28N6/c1-21-13-12-19-26(22(21)2)34-31-33-36-32-29(23(3)37-39(32)25-16-8-5-9-17-25)30(24-14-6-4-7-15-24)38(33)28-20-11-10-18-27(28)35-31/h4-20,30H,1-3H3,(H,34,35). The highest BCUT2D eigenvalue weighted by molar-refractivity contribution is 6.52. The largest absolute Gasteiger partial charge is 0.335 e. The van der Waals surface area contributed by atoms with E-state index in [0.29, 0.717) is 5.84 Å². The maximum atomic E-state index is 5.32. The number of aliphatic imine (C=N–C) groups is 2. The van der Waals surface area contributed by atoms with Crippen LogP contribution in [0.3, 0.4) is 0 Å². The molecule has 39 heavy (non-hydrogen) atoms. The number of benzene rings is 4. The van der Waals surface area contributed by atoms with Crippen molar-refractivity contribution in [2.75, 3.05) is 10.2 Å². The van der Waals surface area contributed by atoms with Gasteiger partial charge in [0.25, 0.3) is 0 Å². The summed E-state index contributed by atoms with van der Waals surface area (Å²) in [6, 6.07) is 35.3. The van der Waals surface area contributed by atoms with Crippen LogP contribution in [0.4, 0.5) is 22.9 Å². The van der Waals surface area contributed by atoms with E-state index in [1.807, 2.05) is 22.9 Å². The highest BCUT2D eigenvalue weighted by Crippen LogP contribution is 2.47. The zero-order valence-corrected chi connectivity index (χ0v) is 22.1. The Morgan fingerprint density at radius 1 is 0.769 bits per heavy atom. The van der Waals surface area contributed by atoms with E-state index in [0.717, 1.165) is 51.2 Å². The summed E-state index contributed by atoms with van der Waals surface area (Å²) < 4.78 is 1.96. The van der Waals surface area contributed by atoms with Gasteiger partial charge in [-0.25, -0.2) is 14.7 Å². The third kappa shape index (κ3) is 3.76. The van der Waals surface area contributed by atoms with E-state index in [2.05, 4.69) is 116 Å². The molecule has 190 valence electrons. The first-order valence-electron chi connectivity index (χ1n) is 13.2. The summed E-state index contributed by atoms with van der Waals surface area (Å²) in [7, 11) is 0. The van der Waals surface area contributed by atoms with E-state index in [-0.39, 0.29) is 6.04 Å². The lowest BCUT2D eigenvalue weighted by molar-refractivity contribution is 0.816. The molecule has 0 amide bonds. The average Bonchev–Trinajstić information content (AvgIpc) is 3.31. The number of anilines is 2. The summed E-state index contributed by atoms with van der Waals surface area (Å²) in [4.78, 5) is 12.8. The van der Waals surface area contributed by atoms with Crippen LogP contribution in [0.2, 0.25) is 0 Å². The lowest BCUT2D eigenvalue weighted by Gasteiger charge is -2.41. The molecule has 1 atom stereocenters. The van der Waals surface area contributed by atoms with E-state index >= 15 is 0 Å². The van der Waals surface area contributed by atoms with Crippen LogP contribution >= 0.6 is 0 Å². The molecule has 0 fully saturated rings. The maximum Gasteiger partial charge on any atom is 0.179 e. The first-order valence-corrected chi connectivity index (χ1v) is 13.2. The van der Waals surface area contributed by atoms with Crippen LogP contribution in [0.15, 0.2) is 113 Å². The fraction of sp³-hybridized carbons (Fsp3) is 0.121. The van der Waals surface area contributed by atoms with E-state index in [4.69, 9.17) is 15.1 Å². The number of hydrogen-bond donors (Lipinski definition) is 1. The molecular formula is C33H28N6. The second-order valence-electron chi connectivity index (χ2n) is 10.0. The Balaban J connectivity index is 1.54. The summed E-state index contributed by atoms with van der Waals surface area (Å²) in [5, 5.41) is 8.62. The molecule has 0 radical (unpaired) electrons. The summed E-state index contributed by atoms with van der Waals surface area (Å²) in [5.41, 5.74) is 9.53. The van der Waals surface area contributed by atoms with Gasteiger partial charge in [0.15, 0.2) is 17.5 Å². The summed E-state index contributed by atoms with van der Waals surface area (Å²) in [6.07, 6.45) is 0. The number of nitrogens with zero attached hydrogens (tertiary/aromatic N) is 5. The van der Waals surface area contributed by atoms with Crippen LogP contribution < -0.4 is 10.2 Å². The number of aromatic nitrogens is 2. The van der Waals surface area contributed by atoms with Crippen LogP contribution in [0.5, 0.6) is 0 Å². The zero-order valence-electron chi connectivity index (χ0n) is 22.1. The Kier molecular flexibility index (Phi) is 5.40. The van der Waals surface area contributed by atoms with Gasteiger partial charge in [-0.1, -0.05) is 72.8 Å². The minimum Gasteiger partial charge on any atom is -0.335 e. The van der Waals surface area contributed by atoms with Gasteiger partial charge in [-0.05, 0) is 67.8 Å². The minimum atomic E-state index is -0.127. The van der Waals surface area contributed by atoms with Gasteiger partial charge in [-0.15, -0.1) is 0 Å². The SMILES string of the molecule is Cc1cccc(N=C2Nc3ccccc3N3C2=Nc2c(c(C)nn2-c2ccccc2)C3c2ccccc2)c1C. The summed E-state index contributed by atoms with van der Waals surface area (Å²) in [5.74, 6) is 2.31. The molecule has 1 N–H and O–H groups in total. The van der Waals surface area contributed by atoms with Crippen LogP contribution in [-0.4, -0.2) is 21.5 Å². The molecule has 0 saturated carbocycles. The van der Waals surface area contributed by atoms with Crippen molar-refractivity contribution in [2.45, 2.75) is 26.8 Å². The second-order valence-corrected chi connectivity index (χ2v) is 10.0. The van der Waals surface area contributed by atoms with Crippen LogP contribution in [0.1, 0.15) is 34.0 Å². The van der Waals surface area contributed by atoms with Crippen molar-refractivity contribution in [1.29, 1.82) is 0 Å². The molecular weight excluding hydrogens is 480 g/mol. The molecule has 0 spiro atoms. The highest BCUT2D eigenvalue weighted by atomic mass is 15.4. The lowest BCUT2D eigenvalue weighted by Crippen LogP contribution is -2.48. The summed E-state index contributed by atoms with van der Waals surface area (Å²) in [6.45, 7) is 6.31. The topological polar surface area (TPSA) is 57.8 Å². The number of amidine groups is 2. The molecule has 3 heterocycles. The van der Waals surface area contributed by atoms with Crippen molar-refractivity contribution >= 4 is 34.6 Å². The first kappa shape index (κ1) is 23.2. The van der Waals surface area contributed by atoms with Crippen molar-refractivity contribution < 1.29 is 0 Å². The molecule has 1 aromatic heterocycles. The molecule has 0 bridgehead atoms. The molecule has 6 nitrogen and oxygen atoms in total. The molecule has 6 heteroatoms. The molecule has 4 aromatic carbocycles. The quantitative estimate of drug-likeness (QED) is 0.273. The smallest absolute Gasteiger partial charge is 0.179 e. The fourth-order valence-electron chi connectivity index (χ4n) is 5.51. The van der Waals surface area contributed by atoms with Gasteiger partial charge in [0, 0.05) is 5.56 Å². The van der Waals surface area contributed by atoms with Crippen molar-refractivity contribution in [3.8, 4) is 5.69 Å². The molecule has 7 rings (SSSR count). The molecule has 0 saturated heterocycles. The number of hydrogen-bond acceptors (Lipinski definition) is 4. The summed E-state index contributed by atoms with van der Waals surface area (Å²) >= 11 is 0. The maximum absolute atomic E-state index is 5.32. The van der Waals surface area contributed by atoms with Crippen LogP contribution in [0, 0.1) is 20.8 Å². The predicted octanol–water partition coefficient (Wildman–Crippen LogP) is 7.59. The van der Waals surface area contributed by atoms with Crippen molar-refractivity contribution in [3.05, 3.63) is 131 Å². The average molecular weight is 509 g/mol. The monoisotopic (exact) mass is 508 g/mol. The van der Waals surface area contributed by atoms with Crippen LogP contribution in [-0.2, 0) is 0 Å². The Morgan fingerprint density at radius 3 is 2.28 bits per heavy atom. The third-order valence-corrected chi connectivity index (χ3v) is 7.61. The second kappa shape index (κ2) is 9.10. The molecule has 5 aromatic rings. The zero-order chi connectivity index (χ0) is 26.5. The van der Waals surface area contributed by atoms with Gasteiger partial charge >= 0.3 is 0 Å². The molecule has 2 aliphatic rings. The van der Waals surface area contributed by atoms with Crippen molar-refractivity contribution in [2.24, 2.45) is 9.98 Å².